The topological polar surface area (TPSA) is 87.8 Å². The summed E-state index contributed by atoms with van der Waals surface area (Å²) in [5.74, 6) is -0.190. The Hall–Kier alpha value is -2.71. The van der Waals surface area contributed by atoms with E-state index in [-0.39, 0.29) is 18.3 Å². The van der Waals surface area contributed by atoms with Crippen molar-refractivity contribution in [3.8, 4) is 11.3 Å². The molecule has 0 spiro atoms. The van der Waals surface area contributed by atoms with E-state index in [9.17, 15) is 17.6 Å². The zero-order valence-electron chi connectivity index (χ0n) is 14.6. The van der Waals surface area contributed by atoms with Crippen LogP contribution in [0.1, 0.15) is 19.1 Å². The Morgan fingerprint density at radius 2 is 1.93 bits per heavy atom. The van der Waals surface area contributed by atoms with Crippen LogP contribution in [0, 0.1) is 5.82 Å². The molecule has 2 heterocycles. The zero-order valence-corrected chi connectivity index (χ0v) is 15.4. The molecule has 0 atom stereocenters. The van der Waals surface area contributed by atoms with Gasteiger partial charge in [0.05, 0.1) is 5.75 Å². The monoisotopic (exact) mass is 391 g/mol. The SMILES string of the molecule is C/C=C1\C/C(=C\c2ccc(-c3ccc(F)cc3)o2)C(=O)N1CCS(=O)(=O)O. The Balaban J connectivity index is 1.81. The van der Waals surface area contributed by atoms with Crippen molar-refractivity contribution in [2.45, 2.75) is 13.3 Å². The van der Waals surface area contributed by atoms with Crippen LogP contribution >= 0.6 is 0 Å². The van der Waals surface area contributed by atoms with Gasteiger partial charge in [-0.05, 0) is 49.4 Å². The van der Waals surface area contributed by atoms with Gasteiger partial charge in [-0.1, -0.05) is 6.08 Å². The molecular weight excluding hydrogens is 373 g/mol. The maximum atomic E-state index is 13.0. The lowest BCUT2D eigenvalue weighted by Gasteiger charge is -2.16. The van der Waals surface area contributed by atoms with E-state index in [1.165, 1.54) is 17.0 Å². The highest BCUT2D eigenvalue weighted by molar-refractivity contribution is 7.85. The lowest BCUT2D eigenvalue weighted by molar-refractivity contribution is -0.123. The van der Waals surface area contributed by atoms with Crippen LogP contribution in [0.2, 0.25) is 0 Å². The van der Waals surface area contributed by atoms with Gasteiger partial charge in [-0.2, -0.15) is 8.42 Å². The van der Waals surface area contributed by atoms with E-state index in [1.54, 1.807) is 43.3 Å². The van der Waals surface area contributed by atoms with Gasteiger partial charge < -0.3 is 9.32 Å². The zero-order chi connectivity index (χ0) is 19.6. The van der Waals surface area contributed by atoms with Gasteiger partial charge >= 0.3 is 0 Å². The Morgan fingerprint density at radius 3 is 2.56 bits per heavy atom. The number of likely N-dealkylation sites (tertiary alicyclic amines) is 1. The number of allylic oxidation sites excluding steroid dienone is 2. The van der Waals surface area contributed by atoms with Crippen molar-refractivity contribution < 1.29 is 26.6 Å². The largest absolute Gasteiger partial charge is 0.457 e. The van der Waals surface area contributed by atoms with Gasteiger partial charge in [0.25, 0.3) is 16.0 Å². The fourth-order valence-electron chi connectivity index (χ4n) is 2.86. The summed E-state index contributed by atoms with van der Waals surface area (Å²) in [5.41, 5.74) is 1.83. The number of benzene rings is 1. The molecule has 1 aromatic heterocycles. The molecule has 1 N–H and O–H groups in total. The first-order valence-electron chi connectivity index (χ1n) is 8.25. The Morgan fingerprint density at radius 1 is 1.22 bits per heavy atom. The van der Waals surface area contributed by atoms with Crippen LogP contribution < -0.4 is 0 Å². The summed E-state index contributed by atoms with van der Waals surface area (Å²) in [4.78, 5) is 13.9. The quantitative estimate of drug-likeness (QED) is 0.623. The van der Waals surface area contributed by atoms with E-state index in [4.69, 9.17) is 8.97 Å². The number of carbonyl (C=O) groups is 1. The molecule has 6 nitrogen and oxygen atoms in total. The van der Waals surface area contributed by atoms with Crippen molar-refractivity contribution in [1.29, 1.82) is 0 Å². The first kappa shape index (κ1) is 19.1. The summed E-state index contributed by atoms with van der Waals surface area (Å²) < 4.78 is 49.6. The fourth-order valence-corrected chi connectivity index (χ4v) is 3.28. The number of hydrogen-bond acceptors (Lipinski definition) is 4. The average Bonchev–Trinajstić information content (AvgIpc) is 3.19. The Labute approximate surface area is 156 Å². The van der Waals surface area contributed by atoms with Gasteiger partial charge in [0, 0.05) is 29.8 Å². The molecule has 27 heavy (non-hydrogen) atoms. The maximum Gasteiger partial charge on any atom is 0.266 e. The third-order valence-electron chi connectivity index (χ3n) is 4.22. The van der Waals surface area contributed by atoms with Gasteiger partial charge in [-0.25, -0.2) is 4.39 Å². The summed E-state index contributed by atoms with van der Waals surface area (Å²) in [7, 11) is -4.16. The van der Waals surface area contributed by atoms with Crippen molar-refractivity contribution in [2.75, 3.05) is 12.3 Å². The lowest BCUT2D eigenvalue weighted by Crippen LogP contribution is -2.29. The summed E-state index contributed by atoms with van der Waals surface area (Å²) >= 11 is 0. The predicted molar refractivity (Wildman–Crippen MR) is 98.6 cm³/mol. The third-order valence-corrected chi connectivity index (χ3v) is 4.91. The van der Waals surface area contributed by atoms with Crippen molar-refractivity contribution in [1.82, 2.24) is 4.90 Å². The van der Waals surface area contributed by atoms with Gasteiger partial charge in [0.1, 0.15) is 17.3 Å². The molecular formula is C19H18FNO5S. The lowest BCUT2D eigenvalue weighted by atomic mass is 10.1. The van der Waals surface area contributed by atoms with Crippen LogP contribution in [0.3, 0.4) is 0 Å². The molecule has 8 heteroatoms. The van der Waals surface area contributed by atoms with Crippen LogP contribution in [0.15, 0.2) is 58.2 Å². The third kappa shape index (κ3) is 4.53. The van der Waals surface area contributed by atoms with E-state index >= 15 is 0 Å². The number of carbonyl (C=O) groups excluding carboxylic acids is 1. The fraction of sp³-hybridized carbons (Fsp3) is 0.211. The number of furan rings is 1. The Kier molecular flexibility index (Phi) is 5.29. The highest BCUT2D eigenvalue weighted by atomic mass is 32.2. The normalized spacial score (nSPS) is 18.0. The standard InChI is InChI=1S/C19H18FNO5S/c1-2-16-11-14(19(22)21(16)9-10-27(23,24)25)12-17-7-8-18(26-17)13-3-5-15(20)6-4-13/h2-8,12H,9-11H2,1H3,(H,23,24,25)/b14-12+,16-2+. The summed E-state index contributed by atoms with van der Waals surface area (Å²) in [6.07, 6.45) is 3.68. The first-order valence-corrected chi connectivity index (χ1v) is 9.86. The molecule has 1 saturated heterocycles. The van der Waals surface area contributed by atoms with E-state index in [0.717, 1.165) is 0 Å². The number of nitrogens with zero attached hydrogens (tertiary/aromatic N) is 1. The van der Waals surface area contributed by atoms with Crippen LogP contribution in [-0.4, -0.2) is 36.1 Å². The molecule has 0 aliphatic carbocycles. The molecule has 1 aromatic carbocycles. The molecule has 0 radical (unpaired) electrons. The summed E-state index contributed by atoms with van der Waals surface area (Å²) in [5, 5.41) is 0. The van der Waals surface area contributed by atoms with Crippen molar-refractivity contribution in [3.05, 3.63) is 65.3 Å². The number of hydrogen-bond donors (Lipinski definition) is 1. The van der Waals surface area contributed by atoms with Gasteiger partial charge in [-0.3, -0.25) is 9.35 Å². The van der Waals surface area contributed by atoms with Gasteiger partial charge in [0.15, 0.2) is 0 Å². The van der Waals surface area contributed by atoms with Crippen molar-refractivity contribution >= 4 is 22.1 Å². The van der Waals surface area contributed by atoms with E-state index in [2.05, 4.69) is 0 Å². The molecule has 1 fully saturated rings. The molecule has 1 amide bonds. The van der Waals surface area contributed by atoms with Crippen LogP contribution in [0.4, 0.5) is 4.39 Å². The second-order valence-electron chi connectivity index (χ2n) is 6.08. The molecule has 3 rings (SSSR count). The van der Waals surface area contributed by atoms with E-state index in [1.807, 2.05) is 0 Å². The Bertz CT molecular complexity index is 1020. The minimum atomic E-state index is -4.16. The van der Waals surface area contributed by atoms with Crippen molar-refractivity contribution in [2.24, 2.45) is 0 Å². The van der Waals surface area contributed by atoms with Gasteiger partial charge in [-0.15, -0.1) is 0 Å². The first-order chi connectivity index (χ1) is 12.8. The average molecular weight is 391 g/mol. The van der Waals surface area contributed by atoms with Crippen LogP contribution in [-0.2, 0) is 14.9 Å². The second-order valence-corrected chi connectivity index (χ2v) is 7.65. The van der Waals surface area contributed by atoms with E-state index in [0.29, 0.717) is 34.8 Å². The summed E-state index contributed by atoms with van der Waals surface area (Å²) in [6, 6.07) is 9.30. The number of halogens is 1. The highest BCUT2D eigenvalue weighted by Gasteiger charge is 2.31. The predicted octanol–water partition coefficient (Wildman–Crippen LogP) is 3.49. The smallest absolute Gasteiger partial charge is 0.266 e. The molecule has 0 unspecified atom stereocenters. The van der Waals surface area contributed by atoms with Gasteiger partial charge in [0.2, 0.25) is 0 Å². The number of rotatable bonds is 5. The maximum absolute atomic E-state index is 13.0. The highest BCUT2D eigenvalue weighted by Crippen LogP contribution is 2.30. The van der Waals surface area contributed by atoms with Crippen LogP contribution in [0.25, 0.3) is 17.4 Å². The molecule has 0 bridgehead atoms. The molecule has 1 aliphatic rings. The minimum absolute atomic E-state index is 0.117. The number of amides is 1. The van der Waals surface area contributed by atoms with E-state index < -0.39 is 15.9 Å². The molecule has 0 saturated carbocycles. The minimum Gasteiger partial charge on any atom is -0.457 e. The molecule has 142 valence electrons. The second kappa shape index (κ2) is 7.50. The van der Waals surface area contributed by atoms with Crippen molar-refractivity contribution in [3.63, 3.8) is 0 Å². The molecule has 2 aromatic rings. The van der Waals surface area contributed by atoms with Crippen LogP contribution in [0.5, 0.6) is 0 Å². The molecule has 1 aliphatic heterocycles. The summed E-state index contributed by atoms with van der Waals surface area (Å²) in [6.45, 7) is 1.64.